The SMILES string of the molecule is CC(C)CCNC(=O)CSc1nnnn1CCN. The average Bonchev–Trinajstić information content (AvgIpc) is 2.74. The highest BCUT2D eigenvalue weighted by Gasteiger charge is 2.09. The molecule has 1 aromatic heterocycles. The molecule has 0 aliphatic heterocycles. The molecule has 3 N–H and O–H groups in total. The van der Waals surface area contributed by atoms with Gasteiger partial charge >= 0.3 is 0 Å². The Bertz CT molecular complexity index is 367. The Balaban J connectivity index is 2.27. The summed E-state index contributed by atoms with van der Waals surface area (Å²) < 4.78 is 1.60. The first-order valence-corrected chi connectivity index (χ1v) is 6.97. The minimum Gasteiger partial charge on any atom is -0.355 e. The predicted molar refractivity (Wildman–Crippen MR) is 70.1 cm³/mol. The normalized spacial score (nSPS) is 10.9. The number of hydrogen-bond acceptors (Lipinski definition) is 6. The van der Waals surface area contributed by atoms with Crippen LogP contribution in [0.3, 0.4) is 0 Å². The maximum atomic E-state index is 11.6. The molecule has 102 valence electrons. The van der Waals surface area contributed by atoms with Gasteiger partial charge in [-0.25, -0.2) is 4.68 Å². The number of nitrogens with zero attached hydrogens (tertiary/aromatic N) is 4. The molecule has 0 saturated heterocycles. The van der Waals surface area contributed by atoms with E-state index in [4.69, 9.17) is 5.73 Å². The molecule has 0 atom stereocenters. The number of aromatic nitrogens is 4. The number of carbonyl (C=O) groups excluding carboxylic acids is 1. The Kier molecular flexibility index (Phi) is 6.66. The Morgan fingerprint density at radius 2 is 2.33 bits per heavy atom. The second kappa shape index (κ2) is 8.04. The first-order chi connectivity index (χ1) is 8.63. The molecule has 0 bridgehead atoms. The molecular formula is C10H20N6OS. The summed E-state index contributed by atoms with van der Waals surface area (Å²) in [6, 6.07) is 0. The molecule has 1 rings (SSSR count). The van der Waals surface area contributed by atoms with E-state index in [0.717, 1.165) is 6.42 Å². The van der Waals surface area contributed by atoms with Crippen LogP contribution in [0.1, 0.15) is 20.3 Å². The zero-order valence-corrected chi connectivity index (χ0v) is 11.6. The van der Waals surface area contributed by atoms with Gasteiger partial charge in [0.2, 0.25) is 11.1 Å². The topological polar surface area (TPSA) is 98.7 Å². The molecule has 0 unspecified atom stereocenters. The van der Waals surface area contributed by atoms with Gasteiger partial charge in [0, 0.05) is 13.1 Å². The van der Waals surface area contributed by atoms with Gasteiger partial charge in [-0.1, -0.05) is 25.6 Å². The van der Waals surface area contributed by atoms with Crippen LogP contribution in [-0.4, -0.2) is 45.0 Å². The number of carbonyl (C=O) groups is 1. The molecule has 0 spiro atoms. The van der Waals surface area contributed by atoms with Crippen molar-refractivity contribution < 1.29 is 4.79 Å². The van der Waals surface area contributed by atoms with Gasteiger partial charge in [0.15, 0.2) is 0 Å². The van der Waals surface area contributed by atoms with E-state index < -0.39 is 0 Å². The van der Waals surface area contributed by atoms with Crippen molar-refractivity contribution in [3.63, 3.8) is 0 Å². The van der Waals surface area contributed by atoms with Crippen LogP contribution in [0.5, 0.6) is 0 Å². The first kappa shape index (κ1) is 14.9. The van der Waals surface area contributed by atoms with E-state index in [1.165, 1.54) is 11.8 Å². The third kappa shape index (κ3) is 5.46. The number of thioether (sulfide) groups is 1. The summed E-state index contributed by atoms with van der Waals surface area (Å²) in [6.07, 6.45) is 0.987. The Hall–Kier alpha value is -1.15. The van der Waals surface area contributed by atoms with Gasteiger partial charge in [-0.3, -0.25) is 4.79 Å². The van der Waals surface area contributed by atoms with E-state index in [9.17, 15) is 4.79 Å². The minimum atomic E-state index is 0.00273. The second-order valence-electron chi connectivity index (χ2n) is 4.29. The molecule has 18 heavy (non-hydrogen) atoms. The highest BCUT2D eigenvalue weighted by molar-refractivity contribution is 7.99. The van der Waals surface area contributed by atoms with Gasteiger partial charge in [0.05, 0.1) is 12.3 Å². The third-order valence-electron chi connectivity index (χ3n) is 2.22. The maximum Gasteiger partial charge on any atom is 0.230 e. The van der Waals surface area contributed by atoms with E-state index in [1.54, 1.807) is 4.68 Å². The zero-order chi connectivity index (χ0) is 13.4. The van der Waals surface area contributed by atoms with Crippen molar-refractivity contribution in [1.82, 2.24) is 25.5 Å². The fourth-order valence-electron chi connectivity index (χ4n) is 1.24. The largest absolute Gasteiger partial charge is 0.355 e. The van der Waals surface area contributed by atoms with Gasteiger partial charge in [-0.05, 0) is 22.8 Å². The summed E-state index contributed by atoms with van der Waals surface area (Å²) in [4.78, 5) is 11.6. The lowest BCUT2D eigenvalue weighted by Gasteiger charge is -2.06. The van der Waals surface area contributed by atoms with Gasteiger partial charge in [0.1, 0.15) is 0 Å². The molecule has 8 heteroatoms. The molecular weight excluding hydrogens is 252 g/mol. The van der Waals surface area contributed by atoms with Crippen molar-refractivity contribution in [1.29, 1.82) is 0 Å². The molecule has 0 aliphatic carbocycles. The Morgan fingerprint density at radius 3 is 3.00 bits per heavy atom. The lowest BCUT2D eigenvalue weighted by Crippen LogP contribution is -2.27. The highest BCUT2D eigenvalue weighted by Crippen LogP contribution is 2.12. The fourth-order valence-corrected chi connectivity index (χ4v) is 1.98. The fraction of sp³-hybridized carbons (Fsp3) is 0.800. The van der Waals surface area contributed by atoms with Crippen molar-refractivity contribution in [3.8, 4) is 0 Å². The summed E-state index contributed by atoms with van der Waals surface area (Å²) in [5, 5.41) is 14.7. The van der Waals surface area contributed by atoms with Gasteiger partial charge in [-0.15, -0.1) is 5.10 Å². The first-order valence-electron chi connectivity index (χ1n) is 5.99. The van der Waals surface area contributed by atoms with Crippen LogP contribution in [0.2, 0.25) is 0 Å². The van der Waals surface area contributed by atoms with Crippen molar-refractivity contribution in [2.75, 3.05) is 18.8 Å². The molecule has 1 aromatic rings. The maximum absolute atomic E-state index is 11.6. The Labute approximate surface area is 111 Å². The number of nitrogens with one attached hydrogen (secondary N) is 1. The molecule has 0 radical (unpaired) electrons. The number of hydrogen-bond donors (Lipinski definition) is 2. The minimum absolute atomic E-state index is 0.00273. The molecule has 0 aliphatic rings. The summed E-state index contributed by atoms with van der Waals surface area (Å²) in [6.45, 7) is 6.00. The van der Waals surface area contributed by atoms with E-state index in [1.807, 2.05) is 0 Å². The number of rotatable bonds is 8. The predicted octanol–water partition coefficient (Wildman–Crippen LogP) is -0.114. The van der Waals surface area contributed by atoms with Crippen LogP contribution in [0.4, 0.5) is 0 Å². The Morgan fingerprint density at radius 1 is 1.56 bits per heavy atom. The number of nitrogens with two attached hydrogens (primary N) is 1. The van der Waals surface area contributed by atoms with E-state index in [0.29, 0.717) is 36.5 Å². The molecule has 1 heterocycles. The highest BCUT2D eigenvalue weighted by atomic mass is 32.2. The molecule has 1 amide bonds. The third-order valence-corrected chi connectivity index (χ3v) is 3.17. The number of tetrazole rings is 1. The standard InChI is InChI=1S/C10H20N6OS/c1-8(2)3-5-12-9(17)7-18-10-13-14-15-16(10)6-4-11/h8H,3-7,11H2,1-2H3,(H,12,17). The van der Waals surface area contributed by atoms with Gasteiger partial charge in [0.25, 0.3) is 0 Å². The monoisotopic (exact) mass is 272 g/mol. The zero-order valence-electron chi connectivity index (χ0n) is 10.8. The van der Waals surface area contributed by atoms with Crippen LogP contribution in [0, 0.1) is 5.92 Å². The molecule has 0 saturated carbocycles. The van der Waals surface area contributed by atoms with Gasteiger partial charge < -0.3 is 11.1 Å². The lowest BCUT2D eigenvalue weighted by molar-refractivity contribution is -0.118. The lowest BCUT2D eigenvalue weighted by atomic mass is 10.1. The van der Waals surface area contributed by atoms with Crippen LogP contribution in [0.15, 0.2) is 5.16 Å². The second-order valence-corrected chi connectivity index (χ2v) is 5.24. The van der Waals surface area contributed by atoms with Crippen LogP contribution in [-0.2, 0) is 11.3 Å². The van der Waals surface area contributed by atoms with E-state index in [-0.39, 0.29) is 5.91 Å². The van der Waals surface area contributed by atoms with Crippen LogP contribution < -0.4 is 11.1 Å². The summed E-state index contributed by atoms with van der Waals surface area (Å²) >= 11 is 1.32. The number of amides is 1. The van der Waals surface area contributed by atoms with Crippen LogP contribution in [0.25, 0.3) is 0 Å². The van der Waals surface area contributed by atoms with E-state index >= 15 is 0 Å². The summed E-state index contributed by atoms with van der Waals surface area (Å²) in [7, 11) is 0. The van der Waals surface area contributed by atoms with Crippen molar-refractivity contribution >= 4 is 17.7 Å². The smallest absolute Gasteiger partial charge is 0.230 e. The van der Waals surface area contributed by atoms with Crippen LogP contribution >= 0.6 is 11.8 Å². The summed E-state index contributed by atoms with van der Waals surface area (Å²) in [5.74, 6) is 0.918. The molecule has 7 nitrogen and oxygen atoms in total. The summed E-state index contributed by atoms with van der Waals surface area (Å²) in [5.41, 5.74) is 5.43. The average molecular weight is 272 g/mol. The van der Waals surface area contributed by atoms with E-state index in [2.05, 4.69) is 34.7 Å². The quantitative estimate of drug-likeness (QED) is 0.640. The van der Waals surface area contributed by atoms with Crippen molar-refractivity contribution in [2.45, 2.75) is 32.0 Å². The van der Waals surface area contributed by atoms with Crippen molar-refractivity contribution in [2.24, 2.45) is 11.7 Å². The van der Waals surface area contributed by atoms with Crippen molar-refractivity contribution in [3.05, 3.63) is 0 Å². The molecule has 0 aromatic carbocycles. The van der Waals surface area contributed by atoms with Gasteiger partial charge in [-0.2, -0.15) is 0 Å². The molecule has 0 fully saturated rings.